The number of sulfonamides is 1. The number of nitrogens with zero attached hydrogens (tertiary/aromatic N) is 3. The predicted molar refractivity (Wildman–Crippen MR) is 139 cm³/mol. The molecule has 0 saturated carbocycles. The van der Waals surface area contributed by atoms with Gasteiger partial charge in [0.05, 0.1) is 10.6 Å². The minimum atomic E-state index is -3.86. The number of phenolic OH excluding ortho intramolecular Hbond substituents is 1. The maximum Gasteiger partial charge on any atom is 0.261 e. The van der Waals surface area contributed by atoms with Gasteiger partial charge in [-0.05, 0) is 59.6 Å². The Morgan fingerprint density at radius 2 is 1.78 bits per heavy atom. The number of fused-ring (bicyclic) bond motifs is 1. The number of nitrogens with one attached hydrogen (secondary N) is 2. The number of aromatic nitrogens is 3. The summed E-state index contributed by atoms with van der Waals surface area (Å²) < 4.78 is 42.7. The van der Waals surface area contributed by atoms with Crippen LogP contribution in [0.15, 0.2) is 90.0 Å². The van der Waals surface area contributed by atoms with E-state index in [1.807, 2.05) is 20.0 Å². The monoisotopic (exact) mass is 501 g/mol. The molecule has 0 spiro atoms. The number of halogens is 1. The molecule has 2 aromatic heterocycles. The molecule has 3 aromatic carbocycles. The molecule has 0 aliphatic carbocycles. The standard InChI is InChI=1S/C25H21BFN5O3S/c26-21-15-29-32-24(13-22(30-25(21)32)20-6-1-2-7-23(20)33)28-14-16-4-3-5-18(12-16)31-36(34,35)19-10-8-17(27)9-11-19/h1-13,15,28,31,33H,14,26H2. The van der Waals surface area contributed by atoms with Gasteiger partial charge in [-0.15, -0.1) is 0 Å². The fourth-order valence-electron chi connectivity index (χ4n) is 3.79. The summed E-state index contributed by atoms with van der Waals surface area (Å²) in [6.45, 7) is 0.365. The molecular formula is C25H21BFN5O3S. The third kappa shape index (κ3) is 4.73. The SMILES string of the molecule is Bc1cnn2c(NCc3cccc(NS(=O)(=O)c4ccc(F)cc4)c3)cc(-c3ccccc3O)nc12. The molecule has 0 radical (unpaired) electrons. The van der Waals surface area contributed by atoms with E-state index >= 15 is 0 Å². The minimum Gasteiger partial charge on any atom is -0.507 e. The first-order valence-electron chi connectivity index (χ1n) is 11.1. The Kier molecular flexibility index (Phi) is 6.07. The molecule has 0 amide bonds. The second-order valence-corrected chi connectivity index (χ2v) is 9.90. The van der Waals surface area contributed by atoms with Gasteiger partial charge >= 0.3 is 0 Å². The van der Waals surface area contributed by atoms with Crippen molar-refractivity contribution in [3.05, 3.63) is 96.4 Å². The maximum absolute atomic E-state index is 13.2. The Labute approximate surface area is 207 Å². The summed E-state index contributed by atoms with van der Waals surface area (Å²) >= 11 is 0. The number of para-hydroxylation sites is 1. The average Bonchev–Trinajstić information content (AvgIpc) is 3.24. The Morgan fingerprint density at radius 1 is 1.00 bits per heavy atom. The largest absolute Gasteiger partial charge is 0.507 e. The van der Waals surface area contributed by atoms with Gasteiger partial charge in [0, 0.05) is 30.1 Å². The number of hydrogen-bond acceptors (Lipinski definition) is 6. The van der Waals surface area contributed by atoms with E-state index in [9.17, 15) is 17.9 Å². The van der Waals surface area contributed by atoms with E-state index in [4.69, 9.17) is 0 Å². The molecule has 0 aliphatic rings. The summed E-state index contributed by atoms with van der Waals surface area (Å²) in [6.07, 6.45) is 1.72. The lowest BCUT2D eigenvalue weighted by molar-refractivity contribution is 0.477. The highest BCUT2D eigenvalue weighted by atomic mass is 32.2. The number of rotatable bonds is 7. The molecule has 8 nitrogen and oxygen atoms in total. The number of aromatic hydroxyl groups is 1. The zero-order valence-corrected chi connectivity index (χ0v) is 20.0. The van der Waals surface area contributed by atoms with Gasteiger partial charge < -0.3 is 10.4 Å². The van der Waals surface area contributed by atoms with Crippen LogP contribution in [0.3, 0.4) is 0 Å². The number of benzene rings is 3. The highest BCUT2D eigenvalue weighted by Gasteiger charge is 2.15. The van der Waals surface area contributed by atoms with Gasteiger partial charge in [0.1, 0.15) is 25.2 Å². The smallest absolute Gasteiger partial charge is 0.261 e. The summed E-state index contributed by atoms with van der Waals surface area (Å²) in [6, 6.07) is 20.4. The van der Waals surface area contributed by atoms with Gasteiger partial charge in [-0.1, -0.05) is 24.3 Å². The number of anilines is 2. The lowest BCUT2D eigenvalue weighted by Gasteiger charge is -2.13. The summed E-state index contributed by atoms with van der Waals surface area (Å²) in [5, 5.41) is 18.1. The van der Waals surface area contributed by atoms with Crippen molar-refractivity contribution in [1.29, 1.82) is 0 Å². The quantitative estimate of drug-likeness (QED) is 0.296. The lowest BCUT2D eigenvalue weighted by atomic mass is 10.0. The molecular weight excluding hydrogens is 480 g/mol. The summed E-state index contributed by atoms with van der Waals surface area (Å²) in [7, 11) is -1.96. The van der Waals surface area contributed by atoms with Crippen LogP contribution in [0.25, 0.3) is 16.9 Å². The van der Waals surface area contributed by atoms with Crippen molar-refractivity contribution in [1.82, 2.24) is 14.6 Å². The van der Waals surface area contributed by atoms with Gasteiger partial charge in [0.15, 0.2) is 5.65 Å². The van der Waals surface area contributed by atoms with Crippen LogP contribution in [0.1, 0.15) is 5.56 Å². The zero-order chi connectivity index (χ0) is 25.3. The average molecular weight is 501 g/mol. The van der Waals surface area contributed by atoms with Gasteiger partial charge in [-0.25, -0.2) is 17.8 Å². The molecule has 0 aliphatic heterocycles. The van der Waals surface area contributed by atoms with Crippen LogP contribution < -0.4 is 15.5 Å². The van der Waals surface area contributed by atoms with Crippen molar-refractivity contribution in [2.24, 2.45) is 0 Å². The molecule has 5 aromatic rings. The Balaban J connectivity index is 1.40. The molecule has 36 heavy (non-hydrogen) atoms. The van der Waals surface area contributed by atoms with E-state index in [2.05, 4.69) is 20.1 Å². The van der Waals surface area contributed by atoms with E-state index < -0.39 is 15.8 Å². The van der Waals surface area contributed by atoms with Crippen molar-refractivity contribution in [2.45, 2.75) is 11.4 Å². The van der Waals surface area contributed by atoms with Crippen LogP contribution >= 0.6 is 0 Å². The van der Waals surface area contributed by atoms with Crippen LogP contribution in [0.5, 0.6) is 5.75 Å². The van der Waals surface area contributed by atoms with E-state index in [1.54, 1.807) is 53.2 Å². The van der Waals surface area contributed by atoms with Crippen molar-refractivity contribution in [3.8, 4) is 17.0 Å². The van der Waals surface area contributed by atoms with Crippen molar-refractivity contribution in [3.63, 3.8) is 0 Å². The molecule has 5 rings (SSSR count). The first-order valence-corrected chi connectivity index (χ1v) is 12.5. The van der Waals surface area contributed by atoms with Crippen molar-refractivity contribution in [2.75, 3.05) is 10.0 Å². The zero-order valence-electron chi connectivity index (χ0n) is 19.2. The summed E-state index contributed by atoms with van der Waals surface area (Å²) in [5.74, 6) is 0.271. The molecule has 0 bridgehead atoms. The van der Waals surface area contributed by atoms with Crippen LogP contribution in [0.2, 0.25) is 0 Å². The van der Waals surface area contributed by atoms with Gasteiger partial charge in [0.2, 0.25) is 0 Å². The molecule has 180 valence electrons. The maximum atomic E-state index is 13.2. The Hall–Kier alpha value is -4.38. The normalized spacial score (nSPS) is 11.5. The van der Waals surface area contributed by atoms with Crippen LogP contribution in [-0.4, -0.2) is 36.0 Å². The molecule has 2 heterocycles. The van der Waals surface area contributed by atoms with E-state index in [0.717, 1.165) is 23.2 Å². The predicted octanol–water partition coefficient (Wildman–Crippen LogP) is 2.91. The molecule has 3 N–H and O–H groups in total. The summed E-state index contributed by atoms with van der Waals surface area (Å²) in [4.78, 5) is 4.64. The highest BCUT2D eigenvalue weighted by Crippen LogP contribution is 2.29. The molecule has 0 fully saturated rings. The first-order chi connectivity index (χ1) is 17.3. The molecule has 0 unspecified atom stereocenters. The van der Waals surface area contributed by atoms with Gasteiger partial charge in [0.25, 0.3) is 10.0 Å². The Morgan fingerprint density at radius 3 is 2.56 bits per heavy atom. The van der Waals surface area contributed by atoms with Gasteiger partial charge in [-0.2, -0.15) is 9.61 Å². The number of hydrogen-bond donors (Lipinski definition) is 3. The molecule has 0 atom stereocenters. The topological polar surface area (TPSA) is 109 Å². The van der Waals surface area contributed by atoms with Crippen LogP contribution in [0.4, 0.5) is 15.9 Å². The fourth-order valence-corrected chi connectivity index (χ4v) is 4.84. The second kappa shape index (κ2) is 9.35. The van der Waals surface area contributed by atoms with E-state index in [1.165, 1.54) is 12.1 Å². The minimum absolute atomic E-state index is 0.0302. The van der Waals surface area contributed by atoms with Crippen molar-refractivity contribution >= 4 is 40.5 Å². The van der Waals surface area contributed by atoms with Crippen molar-refractivity contribution < 1.29 is 17.9 Å². The summed E-state index contributed by atoms with van der Waals surface area (Å²) in [5.41, 5.74) is 3.91. The lowest BCUT2D eigenvalue weighted by Crippen LogP contribution is -2.13. The molecule has 0 saturated heterocycles. The third-order valence-corrected chi connectivity index (χ3v) is 7.00. The van der Waals surface area contributed by atoms with Crippen LogP contribution in [0, 0.1) is 5.82 Å². The van der Waals surface area contributed by atoms with E-state index in [0.29, 0.717) is 35.0 Å². The first kappa shape index (κ1) is 23.4. The van der Waals surface area contributed by atoms with E-state index in [-0.39, 0.29) is 10.6 Å². The Bertz CT molecular complexity index is 1670. The third-order valence-electron chi connectivity index (χ3n) is 5.60. The van der Waals surface area contributed by atoms with Crippen LogP contribution in [-0.2, 0) is 16.6 Å². The second-order valence-electron chi connectivity index (χ2n) is 8.22. The fraction of sp³-hybridized carbons (Fsp3) is 0.0400. The van der Waals surface area contributed by atoms with Gasteiger partial charge in [-0.3, -0.25) is 4.72 Å². The molecule has 11 heteroatoms. The number of phenols is 1. The highest BCUT2D eigenvalue weighted by molar-refractivity contribution is 7.92.